The fourth-order valence-corrected chi connectivity index (χ4v) is 5.08. The molecule has 0 bridgehead atoms. The minimum atomic E-state index is -1.27. The van der Waals surface area contributed by atoms with Crippen LogP contribution in [0.15, 0.2) is 75.8 Å². The van der Waals surface area contributed by atoms with Gasteiger partial charge in [-0.25, -0.2) is 9.18 Å². The Morgan fingerprint density at radius 1 is 1.28 bits per heavy atom. The molecule has 5 rings (SSSR count). The first-order valence-electron chi connectivity index (χ1n) is 10.6. The summed E-state index contributed by atoms with van der Waals surface area (Å²) in [5.41, 5.74) is 1.89. The van der Waals surface area contributed by atoms with Gasteiger partial charge in [0.25, 0.3) is 5.91 Å². The molecule has 1 atom stereocenters. The summed E-state index contributed by atoms with van der Waals surface area (Å²) < 4.78 is 15.0. The Morgan fingerprint density at radius 3 is 2.75 bits per heavy atom. The van der Waals surface area contributed by atoms with Crippen LogP contribution in [0, 0.1) is 11.8 Å². The van der Waals surface area contributed by atoms with E-state index >= 15 is 4.39 Å². The maximum absolute atomic E-state index is 15.0. The number of nitrogens with zero attached hydrogens (tertiary/aromatic N) is 1. The molecule has 0 aromatic heterocycles. The van der Waals surface area contributed by atoms with Gasteiger partial charge in [-0.05, 0) is 79.9 Å². The smallest absolute Gasteiger partial charge is 0.339 e. The molecule has 0 spiro atoms. The Kier molecular flexibility index (Phi) is 5.05. The lowest BCUT2D eigenvalue weighted by molar-refractivity contribution is -0.114. The van der Waals surface area contributed by atoms with Gasteiger partial charge < -0.3 is 10.2 Å². The summed E-state index contributed by atoms with van der Waals surface area (Å²) in [6.07, 6.45) is 11.0. The largest absolute Gasteiger partial charge is 0.507 e. The SMILES string of the molecule is O=C(O)c1ccc(N2C(=O)/C(=C/C3=C(Cl)C=CCC3C3CC3)C3=C2CCC=C3F)cc1O. The first-order chi connectivity index (χ1) is 15.4. The molecule has 1 aliphatic heterocycles. The van der Waals surface area contributed by atoms with E-state index in [0.717, 1.165) is 24.8 Å². The average Bonchev–Trinajstić information content (AvgIpc) is 3.54. The normalized spacial score (nSPS) is 24.4. The topological polar surface area (TPSA) is 77.8 Å². The summed E-state index contributed by atoms with van der Waals surface area (Å²) >= 11 is 6.52. The number of anilines is 1. The zero-order valence-corrected chi connectivity index (χ0v) is 17.9. The van der Waals surface area contributed by atoms with Crippen molar-refractivity contribution in [3.8, 4) is 5.75 Å². The quantitative estimate of drug-likeness (QED) is 0.569. The van der Waals surface area contributed by atoms with Crippen LogP contribution < -0.4 is 4.90 Å². The van der Waals surface area contributed by atoms with E-state index < -0.39 is 23.5 Å². The minimum absolute atomic E-state index is 0.209. The molecule has 1 heterocycles. The molecule has 1 unspecified atom stereocenters. The van der Waals surface area contributed by atoms with Crippen LogP contribution in [0.5, 0.6) is 5.75 Å². The molecule has 0 saturated heterocycles. The second-order valence-corrected chi connectivity index (χ2v) is 8.91. The number of carbonyl (C=O) groups excluding carboxylic acids is 1. The number of phenols is 1. The molecule has 7 heteroatoms. The molecule has 5 nitrogen and oxygen atoms in total. The van der Waals surface area contributed by atoms with E-state index in [2.05, 4.69) is 0 Å². The number of hydrogen-bond acceptors (Lipinski definition) is 3. The van der Waals surface area contributed by atoms with Crippen molar-refractivity contribution in [2.24, 2.45) is 11.8 Å². The number of aromatic hydroxyl groups is 1. The highest BCUT2D eigenvalue weighted by Crippen LogP contribution is 2.48. The molecule has 1 amide bonds. The van der Waals surface area contributed by atoms with Crippen LogP contribution in [0.1, 0.15) is 42.5 Å². The van der Waals surface area contributed by atoms with Gasteiger partial charge in [0.1, 0.15) is 17.1 Å². The molecule has 0 radical (unpaired) electrons. The van der Waals surface area contributed by atoms with E-state index in [1.165, 1.54) is 29.2 Å². The molecular formula is C25H21ClFNO4. The van der Waals surface area contributed by atoms with Gasteiger partial charge >= 0.3 is 5.97 Å². The predicted octanol–water partition coefficient (Wildman–Crippen LogP) is 5.74. The molecule has 1 saturated carbocycles. The van der Waals surface area contributed by atoms with Gasteiger partial charge in [-0.15, -0.1) is 0 Å². The minimum Gasteiger partial charge on any atom is -0.507 e. The lowest BCUT2D eigenvalue weighted by Crippen LogP contribution is -2.26. The number of rotatable bonds is 4. The number of aromatic carboxylic acids is 1. The monoisotopic (exact) mass is 453 g/mol. The maximum atomic E-state index is 15.0. The van der Waals surface area contributed by atoms with Gasteiger partial charge in [-0.1, -0.05) is 17.7 Å². The number of amides is 1. The number of halogens is 2. The standard InChI is InChI=1S/C25H21ClFNO4/c26-19-4-1-3-15(13-7-8-13)17(19)12-18-23-20(27)5-2-6-21(23)28(24(18)30)14-9-10-16(25(31)32)22(29)11-14/h1,4-5,9-13,15,29H,2-3,6-8H2,(H,31,32)/b18-12+. The van der Waals surface area contributed by atoms with Gasteiger partial charge in [0.15, 0.2) is 0 Å². The van der Waals surface area contributed by atoms with E-state index in [9.17, 15) is 19.8 Å². The Balaban J connectivity index is 1.62. The van der Waals surface area contributed by atoms with Crippen LogP contribution in [-0.4, -0.2) is 22.1 Å². The van der Waals surface area contributed by atoms with Crippen molar-refractivity contribution in [1.82, 2.24) is 0 Å². The summed E-state index contributed by atoms with van der Waals surface area (Å²) in [4.78, 5) is 26.2. The Bertz CT molecular complexity index is 1200. The van der Waals surface area contributed by atoms with Crippen molar-refractivity contribution in [2.75, 3.05) is 4.90 Å². The molecule has 3 aliphatic carbocycles. The lowest BCUT2D eigenvalue weighted by Gasteiger charge is -2.22. The fourth-order valence-electron chi connectivity index (χ4n) is 4.80. The third-order valence-corrected chi connectivity index (χ3v) is 6.84. The zero-order valence-electron chi connectivity index (χ0n) is 17.1. The van der Waals surface area contributed by atoms with Crippen molar-refractivity contribution in [3.05, 3.63) is 81.3 Å². The second kappa shape index (κ2) is 7.78. The summed E-state index contributed by atoms with van der Waals surface area (Å²) in [6, 6.07) is 3.92. The fraction of sp³-hybridized carbons (Fsp3) is 0.280. The molecule has 2 N–H and O–H groups in total. The Morgan fingerprint density at radius 2 is 2.06 bits per heavy atom. The van der Waals surface area contributed by atoms with Crippen molar-refractivity contribution in [1.29, 1.82) is 0 Å². The summed E-state index contributed by atoms with van der Waals surface area (Å²) in [6.45, 7) is 0. The average molecular weight is 454 g/mol. The molecule has 4 aliphatic rings. The van der Waals surface area contributed by atoms with E-state index in [0.29, 0.717) is 35.2 Å². The van der Waals surface area contributed by atoms with Gasteiger partial charge in [0.2, 0.25) is 0 Å². The molecule has 164 valence electrons. The van der Waals surface area contributed by atoms with Crippen LogP contribution in [-0.2, 0) is 4.79 Å². The Hall–Kier alpha value is -3.12. The van der Waals surface area contributed by atoms with Crippen molar-refractivity contribution in [2.45, 2.75) is 32.1 Å². The van der Waals surface area contributed by atoms with Crippen LogP contribution >= 0.6 is 11.6 Å². The highest BCUT2D eigenvalue weighted by Gasteiger charge is 2.41. The summed E-state index contributed by atoms with van der Waals surface area (Å²) in [5, 5.41) is 19.9. The van der Waals surface area contributed by atoms with Gasteiger partial charge in [0, 0.05) is 22.4 Å². The van der Waals surface area contributed by atoms with Crippen LogP contribution in [0.3, 0.4) is 0 Å². The summed E-state index contributed by atoms with van der Waals surface area (Å²) in [5.74, 6) is -1.86. The summed E-state index contributed by atoms with van der Waals surface area (Å²) in [7, 11) is 0. The van der Waals surface area contributed by atoms with Crippen LogP contribution in [0.25, 0.3) is 0 Å². The van der Waals surface area contributed by atoms with E-state index in [4.69, 9.17) is 11.6 Å². The van der Waals surface area contributed by atoms with Gasteiger partial charge in [0.05, 0.1) is 11.3 Å². The number of carbonyl (C=O) groups is 2. The van der Waals surface area contributed by atoms with Gasteiger partial charge in [-0.3, -0.25) is 9.69 Å². The molecular weight excluding hydrogens is 433 g/mol. The highest BCUT2D eigenvalue weighted by molar-refractivity contribution is 6.32. The molecule has 1 fully saturated rings. The molecule has 32 heavy (non-hydrogen) atoms. The third kappa shape index (κ3) is 3.39. The third-order valence-electron chi connectivity index (χ3n) is 6.50. The van der Waals surface area contributed by atoms with Crippen LogP contribution in [0.4, 0.5) is 10.1 Å². The van der Waals surface area contributed by atoms with E-state index in [1.807, 2.05) is 12.2 Å². The zero-order chi connectivity index (χ0) is 22.6. The number of carboxylic acid groups (broad SMARTS) is 1. The van der Waals surface area contributed by atoms with E-state index in [1.54, 1.807) is 6.08 Å². The maximum Gasteiger partial charge on any atom is 0.339 e. The number of hydrogen-bond donors (Lipinski definition) is 2. The first kappa shape index (κ1) is 20.8. The van der Waals surface area contributed by atoms with Crippen molar-refractivity contribution < 1.29 is 24.2 Å². The van der Waals surface area contributed by atoms with Crippen molar-refractivity contribution >= 4 is 29.2 Å². The molecule has 1 aromatic carbocycles. The lowest BCUT2D eigenvalue weighted by atomic mass is 9.85. The first-order valence-corrected chi connectivity index (χ1v) is 11.0. The van der Waals surface area contributed by atoms with E-state index in [-0.39, 0.29) is 22.6 Å². The Labute approximate surface area is 189 Å². The number of allylic oxidation sites excluding steroid dienone is 8. The number of benzene rings is 1. The number of carboxylic acids is 1. The van der Waals surface area contributed by atoms with Crippen LogP contribution in [0.2, 0.25) is 0 Å². The van der Waals surface area contributed by atoms with Gasteiger partial charge in [-0.2, -0.15) is 0 Å². The predicted molar refractivity (Wildman–Crippen MR) is 119 cm³/mol. The van der Waals surface area contributed by atoms with Crippen molar-refractivity contribution in [3.63, 3.8) is 0 Å². The second-order valence-electron chi connectivity index (χ2n) is 8.50. The molecule has 1 aromatic rings. The highest BCUT2D eigenvalue weighted by atomic mass is 35.5.